The van der Waals surface area contributed by atoms with Crippen LogP contribution in [0.4, 0.5) is 11.4 Å². The van der Waals surface area contributed by atoms with E-state index in [1.54, 1.807) is 7.05 Å². The molecule has 1 amide bonds. The van der Waals surface area contributed by atoms with Crippen molar-refractivity contribution in [3.05, 3.63) is 60.2 Å². The van der Waals surface area contributed by atoms with Gasteiger partial charge >= 0.3 is 0 Å². The van der Waals surface area contributed by atoms with Crippen molar-refractivity contribution < 1.29 is 4.79 Å². The van der Waals surface area contributed by atoms with Crippen molar-refractivity contribution in [1.82, 2.24) is 10.6 Å². The number of aliphatic imine (C=N–C) groups is 1. The van der Waals surface area contributed by atoms with Gasteiger partial charge in [-0.2, -0.15) is 0 Å². The second kappa shape index (κ2) is 10.7. The average Bonchev–Trinajstić information content (AvgIpc) is 3.20. The third-order valence-electron chi connectivity index (χ3n) is 5.14. The highest BCUT2D eigenvalue weighted by molar-refractivity contribution is 5.90. The number of carbonyl (C=O) groups is 1. The Balaban J connectivity index is 1.49. The van der Waals surface area contributed by atoms with Crippen molar-refractivity contribution in [3.63, 3.8) is 0 Å². The number of hydrogen-bond acceptors (Lipinski definition) is 3. The summed E-state index contributed by atoms with van der Waals surface area (Å²) in [6, 6.07) is 18.8. The highest BCUT2D eigenvalue weighted by Crippen LogP contribution is 2.19. The van der Waals surface area contributed by atoms with Gasteiger partial charge in [0.2, 0.25) is 5.91 Å². The monoisotopic (exact) mass is 407 g/mol. The minimum atomic E-state index is 0.0526. The molecule has 0 bridgehead atoms. The number of rotatable bonds is 7. The van der Waals surface area contributed by atoms with Crippen molar-refractivity contribution in [2.75, 3.05) is 30.4 Å². The van der Waals surface area contributed by atoms with E-state index in [1.165, 1.54) is 5.69 Å². The maximum Gasteiger partial charge on any atom is 0.224 e. The minimum Gasteiger partial charge on any atom is -0.369 e. The van der Waals surface area contributed by atoms with Crippen LogP contribution in [0.15, 0.2) is 59.6 Å². The molecule has 2 aromatic rings. The molecule has 1 fully saturated rings. The van der Waals surface area contributed by atoms with Crippen molar-refractivity contribution in [1.29, 1.82) is 0 Å². The van der Waals surface area contributed by atoms with Gasteiger partial charge in [0.1, 0.15) is 0 Å². The number of guanidine groups is 1. The lowest BCUT2D eigenvalue weighted by atomic mass is 10.1. The average molecular weight is 408 g/mol. The molecule has 0 spiro atoms. The molecular formula is C24H33N5O. The number of benzene rings is 2. The summed E-state index contributed by atoms with van der Waals surface area (Å²) in [5, 5.41) is 9.90. The van der Waals surface area contributed by atoms with Gasteiger partial charge in [-0.1, -0.05) is 44.2 Å². The molecule has 0 radical (unpaired) electrons. The normalized spacial score (nSPS) is 16.6. The predicted molar refractivity (Wildman–Crippen MR) is 125 cm³/mol. The maximum absolute atomic E-state index is 12.0. The molecule has 30 heavy (non-hydrogen) atoms. The first-order chi connectivity index (χ1) is 14.5. The van der Waals surface area contributed by atoms with Crippen LogP contribution in [0, 0.1) is 5.92 Å². The van der Waals surface area contributed by atoms with E-state index in [2.05, 4.69) is 50.1 Å². The molecule has 1 aliphatic rings. The van der Waals surface area contributed by atoms with Gasteiger partial charge in [0, 0.05) is 50.5 Å². The second-order valence-corrected chi connectivity index (χ2v) is 8.18. The smallest absolute Gasteiger partial charge is 0.224 e. The van der Waals surface area contributed by atoms with E-state index >= 15 is 0 Å². The summed E-state index contributed by atoms with van der Waals surface area (Å²) in [5.41, 5.74) is 3.19. The molecule has 6 heteroatoms. The molecule has 1 atom stereocenters. The molecule has 6 nitrogen and oxygen atoms in total. The number of para-hydroxylation sites is 1. The van der Waals surface area contributed by atoms with Crippen LogP contribution >= 0.6 is 0 Å². The van der Waals surface area contributed by atoms with Crippen LogP contribution in [-0.4, -0.2) is 38.0 Å². The van der Waals surface area contributed by atoms with Gasteiger partial charge in [0.15, 0.2) is 5.96 Å². The number of hydrogen-bond donors (Lipinski definition) is 3. The fourth-order valence-electron chi connectivity index (χ4n) is 3.67. The third-order valence-corrected chi connectivity index (χ3v) is 5.14. The van der Waals surface area contributed by atoms with Gasteiger partial charge in [-0.3, -0.25) is 9.79 Å². The fraction of sp³-hybridized carbons (Fsp3) is 0.417. The molecule has 3 rings (SSSR count). The molecule has 1 aliphatic heterocycles. The van der Waals surface area contributed by atoms with Crippen molar-refractivity contribution in [2.45, 2.75) is 39.3 Å². The Labute approximate surface area is 179 Å². The summed E-state index contributed by atoms with van der Waals surface area (Å²) in [6.45, 7) is 6.73. The van der Waals surface area contributed by atoms with Crippen LogP contribution in [0.25, 0.3) is 0 Å². The van der Waals surface area contributed by atoms with Gasteiger partial charge in [-0.15, -0.1) is 0 Å². The van der Waals surface area contributed by atoms with Crippen LogP contribution in [0.2, 0.25) is 0 Å². The van der Waals surface area contributed by atoms with E-state index in [-0.39, 0.29) is 5.91 Å². The topological polar surface area (TPSA) is 68.8 Å². The van der Waals surface area contributed by atoms with E-state index in [0.29, 0.717) is 24.9 Å². The van der Waals surface area contributed by atoms with Crippen LogP contribution in [0.1, 0.15) is 32.3 Å². The first kappa shape index (κ1) is 21.7. The number of nitrogens with zero attached hydrogens (tertiary/aromatic N) is 2. The van der Waals surface area contributed by atoms with Crippen LogP contribution in [0.5, 0.6) is 0 Å². The Hall–Kier alpha value is -3.02. The Morgan fingerprint density at radius 1 is 1.17 bits per heavy atom. The summed E-state index contributed by atoms with van der Waals surface area (Å²) < 4.78 is 0. The van der Waals surface area contributed by atoms with Gasteiger partial charge in [-0.25, -0.2) is 0 Å². The highest BCUT2D eigenvalue weighted by Gasteiger charge is 2.23. The standard InChI is InChI=1S/C24H33N5O/c1-18(2)14-23(30)27-20-9-7-8-19(15-20)16-26-24(25-3)28-21-12-13-29(17-21)22-10-5-4-6-11-22/h4-11,15,18,21H,12-14,16-17H2,1-3H3,(H,27,30)(H2,25,26,28). The Morgan fingerprint density at radius 2 is 1.97 bits per heavy atom. The molecular weight excluding hydrogens is 374 g/mol. The molecule has 160 valence electrons. The van der Waals surface area contributed by atoms with Gasteiger partial charge < -0.3 is 20.9 Å². The second-order valence-electron chi connectivity index (χ2n) is 8.18. The Bertz CT molecular complexity index is 850. The number of amides is 1. The van der Waals surface area contributed by atoms with Crippen LogP contribution < -0.4 is 20.9 Å². The minimum absolute atomic E-state index is 0.0526. The summed E-state index contributed by atoms with van der Waals surface area (Å²) in [5.74, 6) is 1.19. The van der Waals surface area contributed by atoms with E-state index in [4.69, 9.17) is 0 Å². The summed E-state index contributed by atoms with van der Waals surface area (Å²) >= 11 is 0. The number of anilines is 2. The van der Waals surface area contributed by atoms with Gasteiger partial charge in [0.25, 0.3) is 0 Å². The first-order valence-corrected chi connectivity index (χ1v) is 10.7. The summed E-state index contributed by atoms with van der Waals surface area (Å²) in [7, 11) is 1.79. The molecule has 0 aromatic heterocycles. The summed E-state index contributed by atoms with van der Waals surface area (Å²) in [4.78, 5) is 18.8. The largest absolute Gasteiger partial charge is 0.369 e. The van der Waals surface area contributed by atoms with E-state index in [1.807, 2.05) is 44.2 Å². The lowest BCUT2D eigenvalue weighted by Gasteiger charge is -2.20. The van der Waals surface area contributed by atoms with Crippen LogP contribution in [0.3, 0.4) is 0 Å². The van der Waals surface area contributed by atoms with E-state index in [9.17, 15) is 4.79 Å². The predicted octanol–water partition coefficient (Wildman–Crippen LogP) is 3.62. The van der Waals surface area contributed by atoms with Crippen molar-refractivity contribution in [3.8, 4) is 0 Å². The Kier molecular flexibility index (Phi) is 7.71. The first-order valence-electron chi connectivity index (χ1n) is 10.7. The number of carbonyl (C=O) groups excluding carboxylic acids is 1. The fourth-order valence-corrected chi connectivity index (χ4v) is 3.67. The SMILES string of the molecule is CN=C(NCc1cccc(NC(=O)CC(C)C)c1)NC1CCN(c2ccccc2)C1. The van der Waals surface area contributed by atoms with Crippen LogP contribution in [-0.2, 0) is 11.3 Å². The zero-order valence-corrected chi connectivity index (χ0v) is 18.2. The zero-order chi connectivity index (χ0) is 21.3. The third kappa shape index (κ3) is 6.51. The molecule has 1 saturated heterocycles. The quantitative estimate of drug-likeness (QED) is 0.484. The molecule has 1 heterocycles. The van der Waals surface area contributed by atoms with Gasteiger partial charge in [0.05, 0.1) is 0 Å². The van der Waals surface area contributed by atoms with Crippen molar-refractivity contribution >= 4 is 23.2 Å². The number of nitrogens with one attached hydrogen (secondary N) is 3. The molecule has 0 aliphatic carbocycles. The van der Waals surface area contributed by atoms with Crippen molar-refractivity contribution in [2.24, 2.45) is 10.9 Å². The maximum atomic E-state index is 12.0. The molecule has 2 aromatic carbocycles. The highest BCUT2D eigenvalue weighted by atomic mass is 16.1. The molecule has 1 unspecified atom stereocenters. The molecule has 3 N–H and O–H groups in total. The lowest BCUT2D eigenvalue weighted by Crippen LogP contribution is -2.44. The zero-order valence-electron chi connectivity index (χ0n) is 18.2. The van der Waals surface area contributed by atoms with Gasteiger partial charge in [-0.05, 0) is 42.2 Å². The molecule has 0 saturated carbocycles. The van der Waals surface area contributed by atoms with E-state index in [0.717, 1.165) is 36.7 Å². The Morgan fingerprint density at radius 3 is 2.70 bits per heavy atom. The van der Waals surface area contributed by atoms with E-state index < -0.39 is 0 Å². The summed E-state index contributed by atoms with van der Waals surface area (Å²) in [6.07, 6.45) is 1.60. The lowest BCUT2D eigenvalue weighted by molar-refractivity contribution is -0.116.